The standard InChI is InChI=1S/C22H31NO6/c1-21(2)9-14-10-22(3,12-21)13-23(14)19(24)11-29-20(25)15-7-17(27-5)18(28-6)8-16(15)26-4/h7-8,14H,9-13H2,1-6H3/t14-,22-/m0/s1. The lowest BCUT2D eigenvalue weighted by atomic mass is 9.65. The van der Waals surface area contributed by atoms with Gasteiger partial charge < -0.3 is 23.8 Å². The third-order valence-corrected chi connectivity index (χ3v) is 5.99. The topological polar surface area (TPSA) is 74.3 Å². The third-order valence-electron chi connectivity index (χ3n) is 5.99. The number of nitrogens with zero attached hydrogens (tertiary/aromatic N) is 1. The van der Waals surface area contributed by atoms with Crippen LogP contribution in [0.25, 0.3) is 0 Å². The molecule has 1 aliphatic heterocycles. The summed E-state index contributed by atoms with van der Waals surface area (Å²) in [6.07, 6.45) is 3.09. The molecule has 0 N–H and O–H groups in total. The Kier molecular flexibility index (Phi) is 5.70. The average molecular weight is 405 g/mol. The van der Waals surface area contributed by atoms with Gasteiger partial charge in [-0.1, -0.05) is 20.8 Å². The second kappa shape index (κ2) is 7.76. The molecule has 160 valence electrons. The first-order valence-corrected chi connectivity index (χ1v) is 9.88. The molecule has 2 atom stereocenters. The number of likely N-dealkylation sites (tertiary alicyclic amines) is 1. The molecule has 2 aliphatic rings. The van der Waals surface area contributed by atoms with Crippen LogP contribution < -0.4 is 14.2 Å². The zero-order chi connectivity index (χ0) is 21.4. The number of methoxy groups -OCH3 is 3. The number of fused-ring (bicyclic) bond motifs is 2. The molecule has 7 nitrogen and oxygen atoms in total. The number of hydrogen-bond acceptors (Lipinski definition) is 6. The molecule has 2 fully saturated rings. The summed E-state index contributed by atoms with van der Waals surface area (Å²) < 4.78 is 21.1. The zero-order valence-corrected chi connectivity index (χ0v) is 18.2. The Bertz CT molecular complexity index is 805. The molecular formula is C22H31NO6. The van der Waals surface area contributed by atoms with Crippen LogP contribution in [-0.4, -0.2) is 57.3 Å². The van der Waals surface area contributed by atoms with Crippen LogP contribution >= 0.6 is 0 Å². The number of benzene rings is 1. The quantitative estimate of drug-likeness (QED) is 0.676. The highest BCUT2D eigenvalue weighted by Gasteiger charge is 2.50. The van der Waals surface area contributed by atoms with Crippen molar-refractivity contribution in [2.75, 3.05) is 34.5 Å². The molecule has 1 amide bonds. The van der Waals surface area contributed by atoms with Gasteiger partial charge in [-0.2, -0.15) is 0 Å². The van der Waals surface area contributed by atoms with E-state index in [0.717, 1.165) is 25.8 Å². The minimum Gasteiger partial charge on any atom is -0.496 e. The Hall–Kier alpha value is -2.44. The van der Waals surface area contributed by atoms with E-state index in [0.29, 0.717) is 17.2 Å². The molecule has 0 unspecified atom stereocenters. The number of amides is 1. The lowest BCUT2D eigenvalue weighted by Gasteiger charge is -2.39. The first-order chi connectivity index (χ1) is 13.6. The van der Waals surface area contributed by atoms with Gasteiger partial charge in [-0.05, 0) is 30.1 Å². The van der Waals surface area contributed by atoms with Crippen molar-refractivity contribution >= 4 is 11.9 Å². The van der Waals surface area contributed by atoms with E-state index in [-0.39, 0.29) is 34.9 Å². The normalized spacial score (nSPS) is 24.8. The number of carbonyl (C=O) groups is 2. The molecular weight excluding hydrogens is 374 g/mol. The van der Waals surface area contributed by atoms with Crippen LogP contribution in [0, 0.1) is 10.8 Å². The van der Waals surface area contributed by atoms with Gasteiger partial charge in [-0.15, -0.1) is 0 Å². The van der Waals surface area contributed by atoms with Crippen LogP contribution in [0.15, 0.2) is 12.1 Å². The predicted octanol–water partition coefficient (Wildman–Crippen LogP) is 3.30. The number of hydrogen-bond donors (Lipinski definition) is 0. The van der Waals surface area contributed by atoms with Crippen molar-refractivity contribution < 1.29 is 28.5 Å². The van der Waals surface area contributed by atoms with Crippen LogP contribution in [0.4, 0.5) is 0 Å². The molecule has 7 heteroatoms. The van der Waals surface area contributed by atoms with E-state index in [1.54, 1.807) is 6.07 Å². The molecule has 1 aromatic rings. The molecule has 3 rings (SSSR count). The number of ether oxygens (including phenoxy) is 4. The molecule has 1 aliphatic carbocycles. The average Bonchev–Trinajstić information content (AvgIpc) is 2.93. The van der Waals surface area contributed by atoms with Crippen molar-refractivity contribution in [2.24, 2.45) is 10.8 Å². The Morgan fingerprint density at radius 1 is 1.00 bits per heavy atom. The first-order valence-electron chi connectivity index (χ1n) is 9.88. The van der Waals surface area contributed by atoms with Gasteiger partial charge in [0.1, 0.15) is 11.3 Å². The molecule has 0 spiro atoms. The number of carbonyl (C=O) groups excluding carboxylic acids is 2. The Labute approximate surface area is 172 Å². The van der Waals surface area contributed by atoms with Crippen LogP contribution in [0.5, 0.6) is 17.2 Å². The highest BCUT2D eigenvalue weighted by Crippen LogP contribution is 2.52. The fourth-order valence-electron chi connectivity index (χ4n) is 5.23. The minimum absolute atomic E-state index is 0.138. The Morgan fingerprint density at radius 3 is 2.24 bits per heavy atom. The van der Waals surface area contributed by atoms with Crippen molar-refractivity contribution in [2.45, 2.75) is 46.1 Å². The lowest BCUT2D eigenvalue weighted by Crippen LogP contribution is -2.39. The van der Waals surface area contributed by atoms with Crippen LogP contribution in [0.3, 0.4) is 0 Å². The second-order valence-electron chi connectivity index (χ2n) is 9.22. The molecule has 1 aromatic carbocycles. The van der Waals surface area contributed by atoms with E-state index in [1.165, 1.54) is 27.4 Å². The molecule has 1 saturated carbocycles. The molecule has 0 radical (unpaired) electrons. The summed E-state index contributed by atoms with van der Waals surface area (Å²) in [5, 5.41) is 0. The third kappa shape index (κ3) is 4.28. The van der Waals surface area contributed by atoms with Gasteiger partial charge in [0.05, 0.1) is 21.3 Å². The van der Waals surface area contributed by atoms with Crippen LogP contribution in [0.2, 0.25) is 0 Å². The summed E-state index contributed by atoms with van der Waals surface area (Å²) >= 11 is 0. The van der Waals surface area contributed by atoms with E-state index in [2.05, 4.69) is 20.8 Å². The summed E-state index contributed by atoms with van der Waals surface area (Å²) in [7, 11) is 4.44. The molecule has 1 saturated heterocycles. The Morgan fingerprint density at radius 2 is 1.62 bits per heavy atom. The van der Waals surface area contributed by atoms with E-state index >= 15 is 0 Å². The predicted molar refractivity (Wildman–Crippen MR) is 108 cm³/mol. The summed E-state index contributed by atoms with van der Waals surface area (Å²) in [6, 6.07) is 3.27. The zero-order valence-electron chi connectivity index (χ0n) is 18.2. The summed E-state index contributed by atoms with van der Waals surface area (Å²) in [5.41, 5.74) is 0.542. The van der Waals surface area contributed by atoms with Gasteiger partial charge in [-0.25, -0.2) is 4.79 Å². The van der Waals surface area contributed by atoms with E-state index in [9.17, 15) is 9.59 Å². The molecule has 2 bridgehead atoms. The van der Waals surface area contributed by atoms with Gasteiger partial charge >= 0.3 is 5.97 Å². The van der Waals surface area contributed by atoms with Crippen molar-refractivity contribution in [1.82, 2.24) is 4.90 Å². The van der Waals surface area contributed by atoms with Gasteiger partial charge in [0, 0.05) is 24.7 Å². The van der Waals surface area contributed by atoms with Crippen LogP contribution in [0.1, 0.15) is 50.4 Å². The van der Waals surface area contributed by atoms with Crippen molar-refractivity contribution in [3.8, 4) is 17.2 Å². The van der Waals surface area contributed by atoms with Crippen molar-refractivity contribution in [1.29, 1.82) is 0 Å². The van der Waals surface area contributed by atoms with Crippen LogP contribution in [-0.2, 0) is 9.53 Å². The SMILES string of the molecule is COc1cc(OC)c(C(=O)OCC(=O)N2C[C@@]3(C)C[C@@H]2CC(C)(C)C3)cc1OC. The van der Waals surface area contributed by atoms with Crippen molar-refractivity contribution in [3.05, 3.63) is 17.7 Å². The van der Waals surface area contributed by atoms with Crippen molar-refractivity contribution in [3.63, 3.8) is 0 Å². The maximum Gasteiger partial charge on any atom is 0.342 e. The summed E-state index contributed by atoms with van der Waals surface area (Å²) in [5.74, 6) is 0.340. The largest absolute Gasteiger partial charge is 0.496 e. The smallest absolute Gasteiger partial charge is 0.342 e. The lowest BCUT2D eigenvalue weighted by molar-refractivity contribution is -0.135. The maximum atomic E-state index is 12.8. The minimum atomic E-state index is -0.634. The van der Waals surface area contributed by atoms with Gasteiger partial charge in [0.2, 0.25) is 0 Å². The fraction of sp³-hybridized carbons (Fsp3) is 0.636. The highest BCUT2D eigenvalue weighted by atomic mass is 16.5. The van der Waals surface area contributed by atoms with E-state index in [1.807, 2.05) is 4.90 Å². The van der Waals surface area contributed by atoms with Gasteiger partial charge in [0.15, 0.2) is 18.1 Å². The monoisotopic (exact) mass is 405 g/mol. The number of rotatable bonds is 6. The van der Waals surface area contributed by atoms with Gasteiger partial charge in [0.25, 0.3) is 5.91 Å². The van der Waals surface area contributed by atoms with E-state index < -0.39 is 5.97 Å². The first kappa shape index (κ1) is 21.3. The Balaban J connectivity index is 1.69. The van der Waals surface area contributed by atoms with Gasteiger partial charge in [-0.3, -0.25) is 4.79 Å². The maximum absolute atomic E-state index is 12.8. The molecule has 29 heavy (non-hydrogen) atoms. The second-order valence-corrected chi connectivity index (χ2v) is 9.22. The molecule has 0 aromatic heterocycles. The van der Waals surface area contributed by atoms with E-state index in [4.69, 9.17) is 18.9 Å². The highest BCUT2D eigenvalue weighted by molar-refractivity contribution is 5.95. The summed E-state index contributed by atoms with van der Waals surface area (Å²) in [4.78, 5) is 27.4. The summed E-state index contributed by atoms with van der Waals surface area (Å²) in [6.45, 7) is 7.19. The number of esters is 1. The fourth-order valence-corrected chi connectivity index (χ4v) is 5.23. The molecule has 1 heterocycles.